The summed E-state index contributed by atoms with van der Waals surface area (Å²) in [5, 5.41) is 21.5. The van der Waals surface area contributed by atoms with Crippen LogP contribution in [-0.4, -0.2) is 44.7 Å². The van der Waals surface area contributed by atoms with E-state index in [2.05, 4.69) is 27.6 Å². The van der Waals surface area contributed by atoms with E-state index in [4.69, 9.17) is 0 Å². The molecular formula is C15H19ClN6O3. The number of carbonyl (C=O) groups excluding carboxylic acids is 1. The van der Waals surface area contributed by atoms with E-state index in [1.54, 1.807) is 6.07 Å². The van der Waals surface area contributed by atoms with E-state index in [1.807, 2.05) is 0 Å². The van der Waals surface area contributed by atoms with Gasteiger partial charge in [-0.2, -0.15) is 5.10 Å². The standard InChI is InChI=1S/C15H18N6O3.ClH/c1-10-7-16-5-4-12(10)19-15(22)11-2-3-13(14(6-11)21(23)24)20-9-17-8-18-20;/h2-3,6,8-10,12,16H,4-5,7H2,1H3,(H,19,22);1H. The summed E-state index contributed by atoms with van der Waals surface area (Å²) in [5.41, 5.74) is 0.340. The molecule has 2 unspecified atom stereocenters. The van der Waals surface area contributed by atoms with E-state index in [-0.39, 0.29) is 41.3 Å². The average Bonchev–Trinajstić information content (AvgIpc) is 3.10. The molecule has 0 spiro atoms. The highest BCUT2D eigenvalue weighted by atomic mass is 35.5. The van der Waals surface area contributed by atoms with Crippen LogP contribution in [-0.2, 0) is 0 Å². The number of rotatable bonds is 4. The van der Waals surface area contributed by atoms with Gasteiger partial charge in [0.25, 0.3) is 11.6 Å². The van der Waals surface area contributed by atoms with Gasteiger partial charge in [-0.15, -0.1) is 12.4 Å². The average molecular weight is 367 g/mol. The molecule has 25 heavy (non-hydrogen) atoms. The molecule has 1 aliphatic rings. The zero-order chi connectivity index (χ0) is 17.1. The van der Waals surface area contributed by atoms with Gasteiger partial charge in [-0.1, -0.05) is 6.92 Å². The Labute approximate surface area is 150 Å². The largest absolute Gasteiger partial charge is 0.349 e. The Bertz CT molecular complexity index is 752. The van der Waals surface area contributed by atoms with Crippen LogP contribution in [0.1, 0.15) is 23.7 Å². The van der Waals surface area contributed by atoms with Crippen LogP contribution in [0, 0.1) is 16.0 Å². The molecule has 134 valence electrons. The first kappa shape index (κ1) is 18.8. The van der Waals surface area contributed by atoms with Crippen molar-refractivity contribution < 1.29 is 9.72 Å². The molecule has 1 aliphatic heterocycles. The fraction of sp³-hybridized carbons (Fsp3) is 0.400. The van der Waals surface area contributed by atoms with Gasteiger partial charge in [-0.3, -0.25) is 14.9 Å². The summed E-state index contributed by atoms with van der Waals surface area (Å²) < 4.78 is 1.30. The molecule has 1 fully saturated rings. The molecule has 2 aromatic rings. The second-order valence-corrected chi connectivity index (χ2v) is 5.85. The predicted octanol–water partition coefficient (Wildman–Crippen LogP) is 1.33. The van der Waals surface area contributed by atoms with Crippen LogP contribution in [0.25, 0.3) is 5.69 Å². The van der Waals surface area contributed by atoms with Crippen LogP contribution in [0.15, 0.2) is 30.9 Å². The van der Waals surface area contributed by atoms with Crippen molar-refractivity contribution in [3.8, 4) is 5.69 Å². The third-order valence-electron chi connectivity index (χ3n) is 4.20. The van der Waals surface area contributed by atoms with E-state index < -0.39 is 4.92 Å². The molecule has 1 aromatic carbocycles. The quantitative estimate of drug-likeness (QED) is 0.623. The van der Waals surface area contributed by atoms with Crippen molar-refractivity contribution in [2.45, 2.75) is 19.4 Å². The summed E-state index contributed by atoms with van der Waals surface area (Å²) in [6.45, 7) is 3.75. The Morgan fingerprint density at radius 1 is 1.48 bits per heavy atom. The topological polar surface area (TPSA) is 115 Å². The monoisotopic (exact) mass is 366 g/mol. The van der Waals surface area contributed by atoms with E-state index in [1.165, 1.54) is 29.5 Å². The predicted molar refractivity (Wildman–Crippen MR) is 93.2 cm³/mol. The summed E-state index contributed by atoms with van der Waals surface area (Å²) in [5.74, 6) is 0.00842. The third-order valence-corrected chi connectivity index (χ3v) is 4.20. The smallest absolute Gasteiger partial charge is 0.295 e. The minimum Gasteiger partial charge on any atom is -0.349 e. The van der Waals surface area contributed by atoms with E-state index >= 15 is 0 Å². The molecular weight excluding hydrogens is 348 g/mol. The Morgan fingerprint density at radius 3 is 2.92 bits per heavy atom. The number of piperidine rings is 1. The van der Waals surface area contributed by atoms with Crippen LogP contribution >= 0.6 is 12.4 Å². The van der Waals surface area contributed by atoms with Crippen LogP contribution in [0.4, 0.5) is 5.69 Å². The molecule has 3 rings (SSSR count). The highest BCUT2D eigenvalue weighted by molar-refractivity contribution is 5.95. The van der Waals surface area contributed by atoms with Gasteiger partial charge in [-0.05, 0) is 37.6 Å². The molecule has 0 saturated carbocycles. The molecule has 0 radical (unpaired) electrons. The lowest BCUT2D eigenvalue weighted by molar-refractivity contribution is -0.384. The zero-order valence-corrected chi connectivity index (χ0v) is 14.4. The minimum absolute atomic E-state index is 0. The number of nitro benzene ring substituents is 1. The Balaban J connectivity index is 0.00000225. The van der Waals surface area contributed by atoms with Crippen molar-refractivity contribution >= 4 is 24.0 Å². The summed E-state index contributed by atoms with van der Waals surface area (Å²) in [4.78, 5) is 27.0. The van der Waals surface area contributed by atoms with Gasteiger partial charge in [-0.25, -0.2) is 9.67 Å². The van der Waals surface area contributed by atoms with Crippen LogP contribution in [0.2, 0.25) is 0 Å². The first-order valence-electron chi connectivity index (χ1n) is 7.71. The van der Waals surface area contributed by atoms with Gasteiger partial charge in [0.05, 0.1) is 4.92 Å². The van der Waals surface area contributed by atoms with Crippen molar-refractivity contribution in [2.75, 3.05) is 13.1 Å². The van der Waals surface area contributed by atoms with E-state index in [0.29, 0.717) is 5.92 Å². The van der Waals surface area contributed by atoms with Gasteiger partial charge < -0.3 is 10.6 Å². The van der Waals surface area contributed by atoms with Crippen molar-refractivity contribution in [3.63, 3.8) is 0 Å². The molecule has 0 bridgehead atoms. The maximum atomic E-state index is 12.4. The van der Waals surface area contributed by atoms with Gasteiger partial charge >= 0.3 is 0 Å². The van der Waals surface area contributed by atoms with Gasteiger partial charge in [0, 0.05) is 17.7 Å². The second kappa shape index (κ2) is 8.04. The fourth-order valence-electron chi connectivity index (χ4n) is 2.82. The molecule has 2 N–H and O–H groups in total. The number of nitro groups is 1. The van der Waals surface area contributed by atoms with E-state index in [0.717, 1.165) is 19.5 Å². The molecule has 2 heterocycles. The molecule has 10 heteroatoms. The lowest BCUT2D eigenvalue weighted by atomic mass is 9.95. The third kappa shape index (κ3) is 4.12. The number of halogens is 1. The lowest BCUT2D eigenvalue weighted by Crippen LogP contribution is -2.48. The number of carbonyl (C=O) groups is 1. The maximum absolute atomic E-state index is 12.4. The fourth-order valence-corrected chi connectivity index (χ4v) is 2.82. The summed E-state index contributed by atoms with van der Waals surface area (Å²) in [7, 11) is 0. The van der Waals surface area contributed by atoms with Gasteiger partial charge in [0.2, 0.25) is 0 Å². The number of aromatic nitrogens is 3. The van der Waals surface area contributed by atoms with Crippen molar-refractivity contribution in [2.24, 2.45) is 5.92 Å². The van der Waals surface area contributed by atoms with Crippen molar-refractivity contribution in [1.82, 2.24) is 25.4 Å². The highest BCUT2D eigenvalue weighted by Crippen LogP contribution is 2.24. The molecule has 1 amide bonds. The highest BCUT2D eigenvalue weighted by Gasteiger charge is 2.25. The molecule has 2 atom stereocenters. The van der Waals surface area contributed by atoms with Crippen LogP contribution in [0.5, 0.6) is 0 Å². The Morgan fingerprint density at radius 2 is 2.28 bits per heavy atom. The Hall–Kier alpha value is -2.52. The SMILES string of the molecule is CC1CNCCC1NC(=O)c1ccc(-n2cncn2)c([N+](=O)[O-])c1.Cl. The molecule has 0 aliphatic carbocycles. The number of hydrogen-bond donors (Lipinski definition) is 2. The first-order chi connectivity index (χ1) is 11.6. The van der Waals surface area contributed by atoms with Crippen molar-refractivity contribution in [3.05, 3.63) is 46.5 Å². The molecule has 1 aromatic heterocycles. The summed E-state index contributed by atoms with van der Waals surface area (Å²) >= 11 is 0. The normalized spacial score (nSPS) is 19.7. The van der Waals surface area contributed by atoms with Crippen molar-refractivity contribution in [1.29, 1.82) is 0 Å². The Kier molecular flexibility index (Phi) is 6.05. The number of amides is 1. The maximum Gasteiger partial charge on any atom is 0.295 e. The number of hydrogen-bond acceptors (Lipinski definition) is 6. The summed E-state index contributed by atoms with van der Waals surface area (Å²) in [6, 6.07) is 4.41. The van der Waals surface area contributed by atoms with E-state index in [9.17, 15) is 14.9 Å². The number of benzene rings is 1. The van der Waals surface area contributed by atoms with Gasteiger partial charge in [0.1, 0.15) is 18.3 Å². The first-order valence-corrected chi connectivity index (χ1v) is 7.71. The van der Waals surface area contributed by atoms with Gasteiger partial charge in [0.15, 0.2) is 0 Å². The summed E-state index contributed by atoms with van der Waals surface area (Å²) in [6.07, 6.45) is 3.51. The van der Waals surface area contributed by atoms with Crippen LogP contribution < -0.4 is 10.6 Å². The van der Waals surface area contributed by atoms with Crippen LogP contribution in [0.3, 0.4) is 0 Å². The molecule has 1 saturated heterocycles. The number of nitrogens with zero attached hydrogens (tertiary/aromatic N) is 4. The molecule has 9 nitrogen and oxygen atoms in total. The minimum atomic E-state index is -0.527. The zero-order valence-electron chi connectivity index (χ0n) is 13.6. The second-order valence-electron chi connectivity index (χ2n) is 5.85. The lowest BCUT2D eigenvalue weighted by Gasteiger charge is -2.30. The number of nitrogens with one attached hydrogen (secondary N) is 2.